The lowest BCUT2D eigenvalue weighted by Crippen LogP contribution is -2.36. The van der Waals surface area contributed by atoms with Crippen LogP contribution in [0.3, 0.4) is 0 Å². The fraction of sp³-hybridized carbons (Fsp3) is 0.417. The molecular weight excluding hydrogens is 238 g/mol. The van der Waals surface area contributed by atoms with Crippen LogP contribution in [0, 0.1) is 0 Å². The number of halogens is 1. The Hall–Kier alpha value is -1.26. The summed E-state index contributed by atoms with van der Waals surface area (Å²) in [5, 5.41) is 6.22. The van der Waals surface area contributed by atoms with Gasteiger partial charge in [-0.25, -0.2) is 4.79 Å². The summed E-state index contributed by atoms with van der Waals surface area (Å²) in [6, 6.07) is 6.88. The molecule has 4 nitrogen and oxygen atoms in total. The van der Waals surface area contributed by atoms with E-state index in [1.54, 1.807) is 24.3 Å². The summed E-state index contributed by atoms with van der Waals surface area (Å²) >= 11 is 5.75. The second-order valence-electron chi connectivity index (χ2n) is 3.94. The maximum atomic E-state index is 11.6. The van der Waals surface area contributed by atoms with E-state index in [2.05, 4.69) is 10.6 Å². The number of nitrogens with one attached hydrogen (secondary N) is 2. The molecule has 0 saturated heterocycles. The van der Waals surface area contributed by atoms with Crippen LogP contribution in [0.1, 0.15) is 19.8 Å². The zero-order chi connectivity index (χ0) is 12.7. The van der Waals surface area contributed by atoms with Crippen molar-refractivity contribution in [3.63, 3.8) is 0 Å². The molecule has 4 N–H and O–H groups in total. The Bertz CT molecular complexity index is 353. The van der Waals surface area contributed by atoms with Crippen molar-refractivity contribution < 1.29 is 4.79 Å². The second kappa shape index (κ2) is 7.14. The van der Waals surface area contributed by atoms with Gasteiger partial charge in [-0.15, -0.1) is 0 Å². The van der Waals surface area contributed by atoms with Crippen LogP contribution in [0.2, 0.25) is 5.02 Å². The number of nitrogens with two attached hydrogens (primary N) is 1. The Labute approximate surface area is 107 Å². The molecule has 1 aromatic rings. The molecule has 94 valence electrons. The smallest absolute Gasteiger partial charge is 0.319 e. The standard InChI is InChI=1S/C12H18ClN3O/c1-9(3-2-8-14)15-12(17)16-11-6-4-10(13)5-7-11/h4-7,9H,2-3,8,14H2,1H3,(H2,15,16,17). The predicted octanol–water partition coefficient (Wildman–Crippen LogP) is 2.59. The van der Waals surface area contributed by atoms with Crippen LogP contribution in [-0.2, 0) is 0 Å². The molecule has 17 heavy (non-hydrogen) atoms. The first-order valence-electron chi connectivity index (χ1n) is 5.65. The molecule has 0 aliphatic carbocycles. The van der Waals surface area contributed by atoms with E-state index in [-0.39, 0.29) is 12.1 Å². The fourth-order valence-corrected chi connectivity index (χ4v) is 1.55. The minimum atomic E-state index is -0.211. The van der Waals surface area contributed by atoms with Crippen LogP contribution in [0.15, 0.2) is 24.3 Å². The van der Waals surface area contributed by atoms with Crippen molar-refractivity contribution in [2.75, 3.05) is 11.9 Å². The van der Waals surface area contributed by atoms with Crippen LogP contribution in [-0.4, -0.2) is 18.6 Å². The molecule has 5 heteroatoms. The van der Waals surface area contributed by atoms with Crippen molar-refractivity contribution in [2.24, 2.45) is 5.73 Å². The number of urea groups is 1. The van der Waals surface area contributed by atoms with Gasteiger partial charge < -0.3 is 16.4 Å². The van der Waals surface area contributed by atoms with Crippen molar-refractivity contribution >= 4 is 23.3 Å². The maximum absolute atomic E-state index is 11.6. The Morgan fingerprint density at radius 3 is 2.65 bits per heavy atom. The first-order chi connectivity index (χ1) is 8.11. The Morgan fingerprint density at radius 2 is 2.06 bits per heavy atom. The minimum Gasteiger partial charge on any atom is -0.335 e. The third-order valence-electron chi connectivity index (χ3n) is 2.32. The van der Waals surface area contributed by atoms with Crippen LogP contribution < -0.4 is 16.4 Å². The molecule has 1 aromatic carbocycles. The van der Waals surface area contributed by atoms with Crippen LogP contribution in [0.25, 0.3) is 0 Å². The highest BCUT2D eigenvalue weighted by molar-refractivity contribution is 6.30. The quantitative estimate of drug-likeness (QED) is 0.757. The van der Waals surface area contributed by atoms with E-state index in [1.165, 1.54) is 0 Å². The lowest BCUT2D eigenvalue weighted by molar-refractivity contribution is 0.248. The lowest BCUT2D eigenvalue weighted by Gasteiger charge is -2.14. The minimum absolute atomic E-state index is 0.117. The molecule has 0 heterocycles. The van der Waals surface area contributed by atoms with Gasteiger partial charge in [0.25, 0.3) is 0 Å². The number of benzene rings is 1. The number of carbonyl (C=O) groups excluding carboxylic acids is 1. The van der Waals surface area contributed by atoms with Gasteiger partial charge in [0.2, 0.25) is 0 Å². The number of carbonyl (C=O) groups is 1. The molecule has 1 rings (SSSR count). The summed E-state index contributed by atoms with van der Waals surface area (Å²) in [7, 11) is 0. The third kappa shape index (κ3) is 5.56. The van der Waals surface area contributed by atoms with E-state index in [0.29, 0.717) is 11.6 Å². The van der Waals surface area contributed by atoms with Crippen molar-refractivity contribution in [1.29, 1.82) is 0 Å². The van der Waals surface area contributed by atoms with E-state index in [1.807, 2.05) is 6.92 Å². The van der Waals surface area contributed by atoms with Gasteiger partial charge in [0.1, 0.15) is 0 Å². The molecule has 0 aromatic heterocycles. The van der Waals surface area contributed by atoms with Gasteiger partial charge in [0.05, 0.1) is 0 Å². The van der Waals surface area contributed by atoms with E-state index >= 15 is 0 Å². The van der Waals surface area contributed by atoms with Crippen LogP contribution in [0.4, 0.5) is 10.5 Å². The van der Waals surface area contributed by atoms with Gasteiger partial charge in [0.15, 0.2) is 0 Å². The SMILES string of the molecule is CC(CCCN)NC(=O)Nc1ccc(Cl)cc1. The summed E-state index contributed by atoms with van der Waals surface area (Å²) < 4.78 is 0. The number of hydrogen-bond donors (Lipinski definition) is 3. The predicted molar refractivity (Wildman–Crippen MR) is 71.4 cm³/mol. The largest absolute Gasteiger partial charge is 0.335 e. The molecule has 0 fully saturated rings. The van der Waals surface area contributed by atoms with Crippen LogP contribution in [0.5, 0.6) is 0 Å². The summed E-state index contributed by atoms with van der Waals surface area (Å²) in [4.78, 5) is 11.6. The Morgan fingerprint density at radius 1 is 1.41 bits per heavy atom. The van der Waals surface area contributed by atoms with Crippen molar-refractivity contribution in [1.82, 2.24) is 5.32 Å². The van der Waals surface area contributed by atoms with Gasteiger partial charge >= 0.3 is 6.03 Å². The third-order valence-corrected chi connectivity index (χ3v) is 2.57. The molecule has 2 amide bonds. The van der Waals surface area contributed by atoms with Gasteiger partial charge in [-0.1, -0.05) is 11.6 Å². The van der Waals surface area contributed by atoms with Crippen LogP contribution >= 0.6 is 11.6 Å². The molecule has 0 bridgehead atoms. The zero-order valence-corrected chi connectivity index (χ0v) is 10.6. The molecule has 0 spiro atoms. The fourth-order valence-electron chi connectivity index (χ4n) is 1.42. The molecule has 0 aliphatic rings. The molecule has 0 radical (unpaired) electrons. The number of rotatable bonds is 5. The lowest BCUT2D eigenvalue weighted by atomic mass is 10.2. The summed E-state index contributed by atoms with van der Waals surface area (Å²) in [6.45, 7) is 2.60. The first kappa shape index (κ1) is 13.8. The van der Waals surface area contributed by atoms with E-state index in [9.17, 15) is 4.79 Å². The molecule has 1 unspecified atom stereocenters. The first-order valence-corrected chi connectivity index (χ1v) is 6.02. The summed E-state index contributed by atoms with van der Waals surface area (Å²) in [5.41, 5.74) is 6.12. The Balaban J connectivity index is 2.36. The average Bonchev–Trinajstić information content (AvgIpc) is 2.29. The number of amides is 2. The van der Waals surface area contributed by atoms with Gasteiger partial charge in [-0.05, 0) is 50.6 Å². The number of anilines is 1. The average molecular weight is 256 g/mol. The zero-order valence-electron chi connectivity index (χ0n) is 9.87. The molecular formula is C12H18ClN3O. The summed E-state index contributed by atoms with van der Waals surface area (Å²) in [6.07, 6.45) is 1.78. The van der Waals surface area contributed by atoms with Crippen molar-refractivity contribution in [3.8, 4) is 0 Å². The monoisotopic (exact) mass is 255 g/mol. The second-order valence-corrected chi connectivity index (χ2v) is 4.37. The summed E-state index contributed by atoms with van der Waals surface area (Å²) in [5.74, 6) is 0. The highest BCUT2D eigenvalue weighted by Gasteiger charge is 2.06. The van der Waals surface area contributed by atoms with Gasteiger partial charge in [0, 0.05) is 16.8 Å². The number of hydrogen-bond acceptors (Lipinski definition) is 2. The molecule has 0 aliphatic heterocycles. The molecule has 1 atom stereocenters. The highest BCUT2D eigenvalue weighted by atomic mass is 35.5. The topological polar surface area (TPSA) is 67.1 Å². The van der Waals surface area contributed by atoms with E-state index < -0.39 is 0 Å². The van der Waals surface area contributed by atoms with Gasteiger partial charge in [-0.2, -0.15) is 0 Å². The highest BCUT2D eigenvalue weighted by Crippen LogP contribution is 2.13. The van der Waals surface area contributed by atoms with E-state index in [0.717, 1.165) is 18.5 Å². The van der Waals surface area contributed by atoms with Gasteiger partial charge in [-0.3, -0.25) is 0 Å². The Kier molecular flexibility index (Phi) is 5.80. The molecule has 0 saturated carbocycles. The van der Waals surface area contributed by atoms with Crippen molar-refractivity contribution in [2.45, 2.75) is 25.8 Å². The van der Waals surface area contributed by atoms with E-state index in [4.69, 9.17) is 17.3 Å². The maximum Gasteiger partial charge on any atom is 0.319 e. The van der Waals surface area contributed by atoms with Crippen molar-refractivity contribution in [3.05, 3.63) is 29.3 Å². The normalized spacial score (nSPS) is 11.9.